The number of rotatable bonds is 5. The number of hydrogen-bond acceptors (Lipinski definition) is 4. The second kappa shape index (κ2) is 6.90. The fourth-order valence-electron chi connectivity index (χ4n) is 2.79. The van der Waals surface area contributed by atoms with E-state index in [1.807, 2.05) is 12.1 Å². The molecule has 2 N–H and O–H groups in total. The van der Waals surface area contributed by atoms with E-state index in [0.717, 1.165) is 30.7 Å². The van der Waals surface area contributed by atoms with Gasteiger partial charge in [0.25, 0.3) is 0 Å². The van der Waals surface area contributed by atoms with Gasteiger partial charge in [0.15, 0.2) is 0 Å². The van der Waals surface area contributed by atoms with Gasteiger partial charge >= 0.3 is 0 Å². The molecular weight excluding hydrogens is 276 g/mol. The molecule has 2 heterocycles. The van der Waals surface area contributed by atoms with Crippen LogP contribution < -0.4 is 10.1 Å². The molecule has 4 heteroatoms. The van der Waals surface area contributed by atoms with E-state index in [1.165, 1.54) is 11.1 Å². The zero-order chi connectivity index (χ0) is 15.4. The molecule has 0 spiro atoms. The minimum atomic E-state index is -0.535. The fraction of sp³-hybridized carbons (Fsp3) is 0.389. The van der Waals surface area contributed by atoms with E-state index in [4.69, 9.17) is 4.74 Å². The normalized spacial score (nSPS) is 18.4. The average Bonchev–Trinajstić information content (AvgIpc) is 2.55. The highest BCUT2D eigenvalue weighted by atomic mass is 16.5. The summed E-state index contributed by atoms with van der Waals surface area (Å²) in [4.78, 5) is 4.02. The maximum absolute atomic E-state index is 10.1. The third kappa shape index (κ3) is 3.64. The van der Waals surface area contributed by atoms with E-state index < -0.39 is 6.10 Å². The van der Waals surface area contributed by atoms with Crippen molar-refractivity contribution < 1.29 is 9.84 Å². The van der Waals surface area contributed by atoms with Crippen LogP contribution in [-0.4, -0.2) is 29.3 Å². The van der Waals surface area contributed by atoms with E-state index in [2.05, 4.69) is 35.4 Å². The van der Waals surface area contributed by atoms with E-state index >= 15 is 0 Å². The number of aromatic nitrogens is 1. The molecule has 1 aliphatic rings. The highest BCUT2D eigenvalue weighted by Crippen LogP contribution is 2.28. The number of pyridine rings is 1. The van der Waals surface area contributed by atoms with Gasteiger partial charge in [-0.05, 0) is 37.5 Å². The Bertz CT molecular complexity index is 616. The molecule has 0 saturated carbocycles. The SMILES string of the molecule is Cc1ccc2c(c1)CCC(CNCC(O)c1cccnc1)O2. The number of nitrogens with zero attached hydrogens (tertiary/aromatic N) is 1. The van der Waals surface area contributed by atoms with Crippen LogP contribution in [0, 0.1) is 6.92 Å². The van der Waals surface area contributed by atoms with Crippen LogP contribution in [0.3, 0.4) is 0 Å². The maximum Gasteiger partial charge on any atom is 0.122 e. The van der Waals surface area contributed by atoms with Crippen LogP contribution in [0.5, 0.6) is 5.75 Å². The van der Waals surface area contributed by atoms with Gasteiger partial charge in [-0.15, -0.1) is 0 Å². The minimum absolute atomic E-state index is 0.163. The summed E-state index contributed by atoms with van der Waals surface area (Å²) in [7, 11) is 0. The lowest BCUT2D eigenvalue weighted by Gasteiger charge is -2.27. The first-order valence-electron chi connectivity index (χ1n) is 7.77. The first-order chi connectivity index (χ1) is 10.7. The van der Waals surface area contributed by atoms with Crippen LogP contribution in [0.1, 0.15) is 29.2 Å². The number of aliphatic hydroxyl groups excluding tert-OH is 1. The second-order valence-corrected chi connectivity index (χ2v) is 5.85. The zero-order valence-corrected chi connectivity index (χ0v) is 12.8. The molecule has 2 aromatic rings. The number of benzene rings is 1. The van der Waals surface area contributed by atoms with Gasteiger partial charge in [0.2, 0.25) is 0 Å². The number of hydrogen-bond donors (Lipinski definition) is 2. The molecule has 0 amide bonds. The monoisotopic (exact) mass is 298 g/mol. The third-order valence-electron chi connectivity index (χ3n) is 4.02. The van der Waals surface area contributed by atoms with Crippen LogP contribution >= 0.6 is 0 Å². The van der Waals surface area contributed by atoms with Gasteiger partial charge in [-0.2, -0.15) is 0 Å². The molecule has 22 heavy (non-hydrogen) atoms. The lowest BCUT2D eigenvalue weighted by atomic mass is 10.0. The second-order valence-electron chi connectivity index (χ2n) is 5.85. The van der Waals surface area contributed by atoms with Crippen LogP contribution in [0.2, 0.25) is 0 Å². The predicted octanol–water partition coefficient (Wildman–Crippen LogP) is 2.41. The number of fused-ring (bicyclic) bond motifs is 1. The number of aliphatic hydroxyl groups is 1. The molecule has 0 saturated heterocycles. The molecule has 4 nitrogen and oxygen atoms in total. The van der Waals surface area contributed by atoms with Crippen molar-refractivity contribution in [1.82, 2.24) is 10.3 Å². The summed E-state index contributed by atoms with van der Waals surface area (Å²) in [5, 5.41) is 13.4. The van der Waals surface area contributed by atoms with E-state index in [9.17, 15) is 5.11 Å². The summed E-state index contributed by atoms with van der Waals surface area (Å²) in [5.41, 5.74) is 3.41. The summed E-state index contributed by atoms with van der Waals surface area (Å²) in [6, 6.07) is 10.1. The molecular formula is C18H22N2O2. The minimum Gasteiger partial charge on any atom is -0.489 e. The molecule has 0 aliphatic carbocycles. The van der Waals surface area contributed by atoms with Crippen LogP contribution in [0.15, 0.2) is 42.7 Å². The summed E-state index contributed by atoms with van der Waals surface area (Å²) < 4.78 is 6.02. The lowest BCUT2D eigenvalue weighted by molar-refractivity contribution is 0.146. The first-order valence-corrected chi connectivity index (χ1v) is 7.77. The molecule has 116 valence electrons. The number of aryl methyl sites for hydroxylation is 2. The predicted molar refractivity (Wildman–Crippen MR) is 86.0 cm³/mol. The summed E-state index contributed by atoms with van der Waals surface area (Å²) in [5.74, 6) is 0.997. The van der Waals surface area contributed by atoms with Gasteiger partial charge in [0.1, 0.15) is 11.9 Å². The molecule has 2 unspecified atom stereocenters. The van der Waals surface area contributed by atoms with Gasteiger partial charge in [0, 0.05) is 31.0 Å². The molecule has 0 radical (unpaired) electrons. The van der Waals surface area contributed by atoms with Crippen molar-refractivity contribution in [2.75, 3.05) is 13.1 Å². The quantitative estimate of drug-likeness (QED) is 0.890. The smallest absolute Gasteiger partial charge is 0.122 e. The largest absolute Gasteiger partial charge is 0.489 e. The Hall–Kier alpha value is -1.91. The molecule has 3 rings (SSSR count). The molecule has 1 aromatic carbocycles. The molecule has 0 bridgehead atoms. The van der Waals surface area contributed by atoms with Gasteiger partial charge < -0.3 is 15.2 Å². The molecule has 1 aromatic heterocycles. The Morgan fingerprint density at radius 2 is 2.32 bits per heavy atom. The van der Waals surface area contributed by atoms with Crippen molar-refractivity contribution in [1.29, 1.82) is 0 Å². The Balaban J connectivity index is 1.48. The molecule has 2 atom stereocenters. The topological polar surface area (TPSA) is 54.4 Å². The first kappa shape index (κ1) is 15.0. The Kier molecular flexibility index (Phi) is 4.71. The molecule has 1 aliphatic heterocycles. The zero-order valence-electron chi connectivity index (χ0n) is 12.8. The van der Waals surface area contributed by atoms with E-state index in [-0.39, 0.29) is 6.10 Å². The number of ether oxygens (including phenoxy) is 1. The molecule has 0 fully saturated rings. The van der Waals surface area contributed by atoms with Crippen molar-refractivity contribution in [2.45, 2.75) is 32.0 Å². The standard InChI is InChI=1S/C18H22N2O2/c1-13-4-7-18-14(9-13)5-6-16(22-18)11-20-12-17(21)15-3-2-8-19-10-15/h2-4,7-10,16-17,20-21H,5-6,11-12H2,1H3. The maximum atomic E-state index is 10.1. The van der Waals surface area contributed by atoms with Crippen molar-refractivity contribution in [3.8, 4) is 5.75 Å². The van der Waals surface area contributed by atoms with Gasteiger partial charge in [0.05, 0.1) is 6.10 Å². The lowest BCUT2D eigenvalue weighted by Crippen LogP contribution is -2.36. The summed E-state index contributed by atoms with van der Waals surface area (Å²) in [6.07, 6.45) is 5.09. The van der Waals surface area contributed by atoms with Crippen LogP contribution in [-0.2, 0) is 6.42 Å². The van der Waals surface area contributed by atoms with Crippen molar-refractivity contribution >= 4 is 0 Å². The van der Waals surface area contributed by atoms with Gasteiger partial charge in [-0.3, -0.25) is 4.98 Å². The summed E-state index contributed by atoms with van der Waals surface area (Å²) in [6.45, 7) is 3.35. The summed E-state index contributed by atoms with van der Waals surface area (Å²) >= 11 is 0. The van der Waals surface area contributed by atoms with E-state index in [1.54, 1.807) is 12.4 Å². The Labute approximate surface area is 131 Å². The van der Waals surface area contributed by atoms with Gasteiger partial charge in [-0.1, -0.05) is 23.8 Å². The van der Waals surface area contributed by atoms with Crippen molar-refractivity contribution in [3.63, 3.8) is 0 Å². The van der Waals surface area contributed by atoms with Crippen molar-refractivity contribution in [2.24, 2.45) is 0 Å². The average molecular weight is 298 g/mol. The van der Waals surface area contributed by atoms with Crippen LogP contribution in [0.25, 0.3) is 0 Å². The highest BCUT2D eigenvalue weighted by Gasteiger charge is 2.19. The van der Waals surface area contributed by atoms with Gasteiger partial charge in [-0.25, -0.2) is 0 Å². The number of nitrogens with one attached hydrogen (secondary N) is 1. The van der Waals surface area contributed by atoms with E-state index in [0.29, 0.717) is 6.54 Å². The highest BCUT2D eigenvalue weighted by molar-refractivity contribution is 5.38. The Morgan fingerprint density at radius 3 is 3.14 bits per heavy atom. The van der Waals surface area contributed by atoms with Crippen molar-refractivity contribution in [3.05, 3.63) is 59.4 Å². The Morgan fingerprint density at radius 1 is 1.41 bits per heavy atom. The fourth-order valence-corrected chi connectivity index (χ4v) is 2.79. The third-order valence-corrected chi connectivity index (χ3v) is 4.02. The van der Waals surface area contributed by atoms with Crippen LogP contribution in [0.4, 0.5) is 0 Å².